The summed E-state index contributed by atoms with van der Waals surface area (Å²) in [7, 11) is 1.37. The zero-order valence-corrected chi connectivity index (χ0v) is 23.9. The Morgan fingerprint density at radius 1 is 1.08 bits per heavy atom. The summed E-state index contributed by atoms with van der Waals surface area (Å²) in [4.78, 5) is 48.7. The summed E-state index contributed by atoms with van der Waals surface area (Å²) in [5, 5.41) is 0. The number of aromatic nitrogens is 3. The van der Waals surface area contributed by atoms with Gasteiger partial charge in [-0.15, -0.1) is 0 Å². The van der Waals surface area contributed by atoms with Gasteiger partial charge in [0.25, 0.3) is 0 Å². The molecule has 0 spiro atoms. The number of pyridine rings is 1. The van der Waals surface area contributed by atoms with Crippen LogP contribution in [0.4, 0.5) is 9.59 Å². The van der Waals surface area contributed by atoms with Gasteiger partial charge in [0.1, 0.15) is 28.8 Å². The summed E-state index contributed by atoms with van der Waals surface area (Å²) < 4.78 is 17.9. The van der Waals surface area contributed by atoms with Gasteiger partial charge < -0.3 is 14.2 Å². The predicted molar refractivity (Wildman–Crippen MR) is 141 cm³/mol. The standard InChI is InChI=1S/C28H40N4O6/c1-18-10-11-22(29-14-18)31-16-21(30-17-31)28(23(33)36-9)13-20(28)12-19(2)15-32(24(34)37-26(3,4)5)25(35)38-27(6,7)8/h10-11,14,16-17,19-20H,12-13,15H2,1-9H3/t19-,20+,28-/m1/s1. The number of hydrogen-bond acceptors (Lipinski definition) is 8. The van der Waals surface area contributed by atoms with Crippen LogP contribution in [-0.4, -0.2) is 62.4 Å². The Kier molecular flexibility index (Phi) is 8.24. The number of rotatable bonds is 7. The van der Waals surface area contributed by atoms with E-state index >= 15 is 0 Å². The molecule has 1 saturated carbocycles. The summed E-state index contributed by atoms with van der Waals surface area (Å²) >= 11 is 0. The molecule has 208 valence electrons. The van der Waals surface area contributed by atoms with Crippen LogP contribution in [0.3, 0.4) is 0 Å². The molecule has 0 unspecified atom stereocenters. The van der Waals surface area contributed by atoms with E-state index in [-0.39, 0.29) is 24.3 Å². The van der Waals surface area contributed by atoms with Crippen molar-refractivity contribution >= 4 is 18.2 Å². The Balaban J connectivity index is 1.77. The van der Waals surface area contributed by atoms with Gasteiger partial charge in [0, 0.05) is 18.9 Å². The largest absolute Gasteiger partial charge is 0.468 e. The number of aryl methyl sites for hydroxylation is 1. The third-order valence-electron chi connectivity index (χ3n) is 6.26. The maximum Gasteiger partial charge on any atom is 0.419 e. The SMILES string of the molecule is COC(=O)[C@]1(c2cn(-c3ccc(C)cn3)cn2)C[C@@H]1C[C@@H](C)CN(C(=O)OC(C)(C)C)C(=O)OC(C)(C)C. The second-order valence-electron chi connectivity index (χ2n) is 12.1. The molecule has 2 aromatic heterocycles. The van der Waals surface area contributed by atoms with Crippen LogP contribution in [0.2, 0.25) is 0 Å². The lowest BCUT2D eigenvalue weighted by Gasteiger charge is -2.30. The molecule has 0 saturated heterocycles. The molecular formula is C28H40N4O6. The summed E-state index contributed by atoms with van der Waals surface area (Å²) in [6.07, 6.45) is 4.81. The van der Waals surface area contributed by atoms with Crippen LogP contribution in [0.5, 0.6) is 0 Å². The summed E-state index contributed by atoms with van der Waals surface area (Å²) in [6, 6.07) is 3.85. The van der Waals surface area contributed by atoms with E-state index in [0.29, 0.717) is 24.4 Å². The lowest BCUT2D eigenvalue weighted by molar-refractivity contribution is -0.144. The second kappa shape index (κ2) is 10.7. The van der Waals surface area contributed by atoms with Crippen LogP contribution >= 0.6 is 0 Å². The molecule has 1 aliphatic rings. The third kappa shape index (κ3) is 6.90. The molecule has 10 nitrogen and oxygen atoms in total. The monoisotopic (exact) mass is 528 g/mol. The van der Waals surface area contributed by atoms with Crippen molar-refractivity contribution < 1.29 is 28.6 Å². The van der Waals surface area contributed by atoms with Gasteiger partial charge in [0.15, 0.2) is 0 Å². The van der Waals surface area contributed by atoms with E-state index in [1.54, 1.807) is 58.6 Å². The van der Waals surface area contributed by atoms with Crippen LogP contribution in [-0.2, 0) is 24.4 Å². The number of ether oxygens (including phenoxy) is 3. The highest BCUT2D eigenvalue weighted by molar-refractivity contribution is 5.88. The van der Waals surface area contributed by atoms with E-state index < -0.39 is 28.8 Å². The average Bonchev–Trinajstić information content (AvgIpc) is 3.28. The molecule has 3 atom stereocenters. The van der Waals surface area contributed by atoms with Gasteiger partial charge in [-0.1, -0.05) is 13.0 Å². The molecule has 0 bridgehead atoms. The van der Waals surface area contributed by atoms with Gasteiger partial charge in [-0.3, -0.25) is 9.36 Å². The molecule has 2 aromatic rings. The Bertz CT molecular complexity index is 1130. The molecule has 1 fully saturated rings. The molecule has 10 heteroatoms. The zero-order chi connectivity index (χ0) is 28.5. The molecule has 1 aliphatic carbocycles. The molecule has 38 heavy (non-hydrogen) atoms. The van der Waals surface area contributed by atoms with Crippen LogP contribution in [0.1, 0.15) is 72.6 Å². The average molecular weight is 529 g/mol. The lowest BCUT2D eigenvalue weighted by atomic mass is 9.94. The van der Waals surface area contributed by atoms with Crippen LogP contribution < -0.4 is 0 Å². The Morgan fingerprint density at radius 2 is 1.68 bits per heavy atom. The number of nitrogens with zero attached hydrogens (tertiary/aromatic N) is 4. The van der Waals surface area contributed by atoms with E-state index in [4.69, 9.17) is 14.2 Å². The van der Waals surface area contributed by atoms with E-state index in [1.165, 1.54) is 7.11 Å². The first-order valence-corrected chi connectivity index (χ1v) is 12.8. The summed E-state index contributed by atoms with van der Waals surface area (Å²) in [5.74, 6) is 0.129. The Hall–Kier alpha value is -3.43. The van der Waals surface area contributed by atoms with Gasteiger partial charge >= 0.3 is 18.2 Å². The molecule has 2 heterocycles. The fourth-order valence-corrected chi connectivity index (χ4v) is 4.49. The zero-order valence-electron chi connectivity index (χ0n) is 23.9. The number of imide groups is 1. The molecule has 0 N–H and O–H groups in total. The number of amides is 2. The van der Waals surface area contributed by atoms with E-state index in [9.17, 15) is 14.4 Å². The fourth-order valence-electron chi connectivity index (χ4n) is 4.49. The highest BCUT2D eigenvalue weighted by Gasteiger charge is 2.63. The quantitative estimate of drug-likeness (QED) is 0.356. The molecule has 2 amide bonds. The molecule has 0 aromatic carbocycles. The van der Waals surface area contributed by atoms with Gasteiger partial charge in [-0.2, -0.15) is 0 Å². The van der Waals surface area contributed by atoms with Crippen molar-refractivity contribution in [2.24, 2.45) is 11.8 Å². The molecular weight excluding hydrogens is 488 g/mol. The number of carbonyl (C=O) groups is 3. The van der Waals surface area contributed by atoms with Crippen molar-refractivity contribution in [3.63, 3.8) is 0 Å². The van der Waals surface area contributed by atoms with Gasteiger partial charge in [0.2, 0.25) is 0 Å². The third-order valence-corrected chi connectivity index (χ3v) is 6.26. The van der Waals surface area contributed by atoms with Gasteiger partial charge in [-0.25, -0.2) is 24.5 Å². The summed E-state index contributed by atoms with van der Waals surface area (Å²) in [5.41, 5.74) is -0.783. The number of esters is 1. The maximum atomic E-state index is 13.0. The first-order valence-electron chi connectivity index (χ1n) is 12.8. The minimum Gasteiger partial charge on any atom is -0.468 e. The number of hydrogen-bond donors (Lipinski definition) is 0. The fraction of sp³-hybridized carbons (Fsp3) is 0.607. The Morgan fingerprint density at radius 3 is 2.18 bits per heavy atom. The van der Waals surface area contributed by atoms with Gasteiger partial charge in [-0.05, 0) is 84.8 Å². The summed E-state index contributed by atoms with van der Waals surface area (Å²) in [6.45, 7) is 14.4. The predicted octanol–water partition coefficient (Wildman–Crippen LogP) is 5.20. The van der Waals surface area contributed by atoms with Crippen molar-refractivity contribution in [3.05, 3.63) is 42.1 Å². The molecule has 0 aliphatic heterocycles. The van der Waals surface area contributed by atoms with Crippen LogP contribution in [0.15, 0.2) is 30.9 Å². The Labute approximate surface area is 224 Å². The minimum absolute atomic E-state index is 0.0709. The van der Waals surface area contributed by atoms with E-state index in [0.717, 1.165) is 10.5 Å². The normalized spacial score (nSPS) is 19.9. The highest BCUT2D eigenvalue weighted by atomic mass is 16.6. The van der Waals surface area contributed by atoms with E-state index in [2.05, 4.69) is 9.97 Å². The maximum absolute atomic E-state index is 13.0. The number of methoxy groups -OCH3 is 1. The smallest absolute Gasteiger partial charge is 0.419 e. The van der Waals surface area contributed by atoms with Crippen molar-refractivity contribution in [2.45, 2.75) is 84.8 Å². The first kappa shape index (κ1) is 29.1. The topological polar surface area (TPSA) is 113 Å². The van der Waals surface area contributed by atoms with Crippen LogP contribution in [0, 0.1) is 18.8 Å². The highest BCUT2D eigenvalue weighted by Crippen LogP contribution is 2.57. The van der Waals surface area contributed by atoms with Crippen molar-refractivity contribution in [3.8, 4) is 5.82 Å². The lowest BCUT2D eigenvalue weighted by Crippen LogP contribution is -2.45. The minimum atomic E-state index is -0.887. The molecule has 0 radical (unpaired) electrons. The van der Waals surface area contributed by atoms with Crippen molar-refractivity contribution in [2.75, 3.05) is 13.7 Å². The van der Waals surface area contributed by atoms with Crippen molar-refractivity contribution in [1.29, 1.82) is 0 Å². The first-order chi connectivity index (χ1) is 17.6. The van der Waals surface area contributed by atoms with E-state index in [1.807, 2.05) is 32.2 Å². The van der Waals surface area contributed by atoms with Crippen LogP contribution in [0.25, 0.3) is 5.82 Å². The van der Waals surface area contributed by atoms with Crippen molar-refractivity contribution in [1.82, 2.24) is 19.4 Å². The second-order valence-corrected chi connectivity index (χ2v) is 12.1. The number of imidazole rings is 1. The number of carbonyl (C=O) groups excluding carboxylic acids is 3. The van der Waals surface area contributed by atoms with Gasteiger partial charge in [0.05, 0.1) is 12.8 Å². The molecule has 3 rings (SSSR count).